The molecule has 2 atom stereocenters. The molecule has 1 heterocycles. The van der Waals surface area contributed by atoms with E-state index in [0.29, 0.717) is 12.8 Å². The first-order valence-corrected chi connectivity index (χ1v) is 7.17. The van der Waals surface area contributed by atoms with Gasteiger partial charge in [0.1, 0.15) is 0 Å². The lowest BCUT2D eigenvalue weighted by Crippen LogP contribution is -2.45. The van der Waals surface area contributed by atoms with Crippen molar-refractivity contribution in [1.29, 1.82) is 0 Å². The van der Waals surface area contributed by atoms with Crippen LogP contribution in [0.25, 0.3) is 0 Å². The Bertz CT molecular complexity index is 483. The molecule has 0 saturated heterocycles. The first-order chi connectivity index (χ1) is 8.00. The Kier molecular flexibility index (Phi) is 3.50. The quantitative estimate of drug-likeness (QED) is 0.800. The molecule has 0 amide bonds. The van der Waals surface area contributed by atoms with Crippen molar-refractivity contribution in [2.75, 3.05) is 0 Å². The predicted octanol–water partition coefficient (Wildman–Crippen LogP) is 0.00190. The first kappa shape index (κ1) is 12.5. The van der Waals surface area contributed by atoms with Gasteiger partial charge in [-0.05, 0) is 18.9 Å². The highest BCUT2D eigenvalue weighted by molar-refractivity contribution is 7.89. The van der Waals surface area contributed by atoms with Crippen LogP contribution in [0.15, 0.2) is 17.3 Å². The fourth-order valence-corrected chi connectivity index (χ4v) is 3.56. The molecule has 1 aromatic heterocycles. The van der Waals surface area contributed by atoms with E-state index in [0.717, 1.165) is 12.8 Å². The average Bonchev–Trinajstić information content (AvgIpc) is 2.68. The van der Waals surface area contributed by atoms with Crippen molar-refractivity contribution >= 4 is 10.0 Å². The summed E-state index contributed by atoms with van der Waals surface area (Å²) in [6.07, 6.45) is 4.07. The molecule has 1 aliphatic rings. The summed E-state index contributed by atoms with van der Waals surface area (Å²) in [6, 6.07) is 1.06. The molecule has 1 aliphatic carbocycles. The SMILES string of the molecule is Cn1nccc1S(=O)(=O)NC1CCCCC1O. The number of nitrogens with zero attached hydrogens (tertiary/aromatic N) is 2. The maximum atomic E-state index is 12.0. The third kappa shape index (κ3) is 2.67. The zero-order chi connectivity index (χ0) is 12.5. The molecule has 96 valence electrons. The summed E-state index contributed by atoms with van der Waals surface area (Å²) in [5.74, 6) is 0. The molecule has 6 nitrogen and oxygen atoms in total. The van der Waals surface area contributed by atoms with Crippen LogP contribution in [0.1, 0.15) is 25.7 Å². The van der Waals surface area contributed by atoms with E-state index in [2.05, 4.69) is 9.82 Å². The number of aromatic nitrogens is 2. The van der Waals surface area contributed by atoms with Crippen LogP contribution in [0.5, 0.6) is 0 Å². The van der Waals surface area contributed by atoms with Gasteiger partial charge in [-0.3, -0.25) is 4.68 Å². The zero-order valence-electron chi connectivity index (χ0n) is 9.70. The van der Waals surface area contributed by atoms with Crippen molar-refractivity contribution in [2.45, 2.75) is 42.9 Å². The predicted molar refractivity (Wildman–Crippen MR) is 61.8 cm³/mol. The van der Waals surface area contributed by atoms with Crippen molar-refractivity contribution in [3.05, 3.63) is 12.3 Å². The first-order valence-electron chi connectivity index (χ1n) is 5.69. The standard InChI is InChI=1S/C10H17N3O3S/c1-13-10(6-7-11-13)17(15,16)12-8-4-2-3-5-9(8)14/h6-9,12,14H,2-5H2,1H3. The van der Waals surface area contributed by atoms with Gasteiger partial charge in [0, 0.05) is 13.1 Å². The van der Waals surface area contributed by atoms with E-state index in [-0.39, 0.29) is 11.1 Å². The fourth-order valence-electron chi connectivity index (χ4n) is 2.13. The van der Waals surface area contributed by atoms with Gasteiger partial charge in [0.05, 0.1) is 12.3 Å². The van der Waals surface area contributed by atoms with Crippen LogP contribution in [0, 0.1) is 0 Å². The number of sulfonamides is 1. The van der Waals surface area contributed by atoms with Crippen molar-refractivity contribution in [3.8, 4) is 0 Å². The topological polar surface area (TPSA) is 84.2 Å². The Morgan fingerprint density at radius 1 is 1.47 bits per heavy atom. The lowest BCUT2D eigenvalue weighted by molar-refractivity contribution is 0.101. The van der Waals surface area contributed by atoms with Crippen molar-refractivity contribution in [3.63, 3.8) is 0 Å². The Morgan fingerprint density at radius 3 is 2.76 bits per heavy atom. The highest BCUT2D eigenvalue weighted by atomic mass is 32.2. The minimum absolute atomic E-state index is 0.121. The van der Waals surface area contributed by atoms with E-state index < -0.39 is 16.1 Å². The van der Waals surface area contributed by atoms with Gasteiger partial charge in [0.2, 0.25) is 0 Å². The zero-order valence-corrected chi connectivity index (χ0v) is 10.5. The molecule has 1 fully saturated rings. The van der Waals surface area contributed by atoms with Crippen LogP contribution < -0.4 is 4.72 Å². The van der Waals surface area contributed by atoms with E-state index >= 15 is 0 Å². The van der Waals surface area contributed by atoms with E-state index in [1.807, 2.05) is 0 Å². The van der Waals surface area contributed by atoms with Gasteiger partial charge < -0.3 is 5.11 Å². The Balaban J connectivity index is 2.15. The number of aryl methyl sites for hydroxylation is 1. The van der Waals surface area contributed by atoms with Gasteiger partial charge in [0.25, 0.3) is 10.0 Å². The summed E-state index contributed by atoms with van der Waals surface area (Å²) in [7, 11) is -2.01. The second-order valence-corrected chi connectivity index (χ2v) is 6.03. The summed E-state index contributed by atoms with van der Waals surface area (Å²) >= 11 is 0. The Hall–Kier alpha value is -0.920. The van der Waals surface area contributed by atoms with E-state index in [9.17, 15) is 13.5 Å². The molecule has 0 spiro atoms. The monoisotopic (exact) mass is 259 g/mol. The molecule has 7 heteroatoms. The Morgan fingerprint density at radius 2 is 2.18 bits per heavy atom. The molecule has 0 bridgehead atoms. The minimum atomic E-state index is -3.59. The van der Waals surface area contributed by atoms with E-state index in [1.165, 1.54) is 16.9 Å². The summed E-state index contributed by atoms with van der Waals surface area (Å²) in [4.78, 5) is 0. The van der Waals surface area contributed by atoms with Crippen molar-refractivity contribution < 1.29 is 13.5 Å². The van der Waals surface area contributed by atoms with Crippen LogP contribution >= 0.6 is 0 Å². The van der Waals surface area contributed by atoms with Gasteiger partial charge in [-0.15, -0.1) is 0 Å². The van der Waals surface area contributed by atoms with Crippen LogP contribution in [-0.4, -0.2) is 35.5 Å². The number of aliphatic hydroxyl groups excluding tert-OH is 1. The molecule has 2 unspecified atom stereocenters. The fraction of sp³-hybridized carbons (Fsp3) is 0.700. The molecule has 2 N–H and O–H groups in total. The third-order valence-corrected chi connectivity index (χ3v) is 4.65. The molecular formula is C10H17N3O3S. The summed E-state index contributed by atoms with van der Waals surface area (Å²) in [5, 5.41) is 13.7. The molecule has 0 radical (unpaired) electrons. The maximum absolute atomic E-state index is 12.0. The number of hydrogen-bond acceptors (Lipinski definition) is 4. The van der Waals surface area contributed by atoms with E-state index in [1.54, 1.807) is 7.05 Å². The molecule has 1 saturated carbocycles. The highest BCUT2D eigenvalue weighted by Crippen LogP contribution is 2.20. The molecule has 17 heavy (non-hydrogen) atoms. The maximum Gasteiger partial charge on any atom is 0.258 e. The van der Waals surface area contributed by atoms with Gasteiger partial charge in [-0.25, -0.2) is 13.1 Å². The van der Waals surface area contributed by atoms with Gasteiger partial charge in [-0.1, -0.05) is 12.8 Å². The van der Waals surface area contributed by atoms with Crippen molar-refractivity contribution in [1.82, 2.24) is 14.5 Å². The smallest absolute Gasteiger partial charge is 0.258 e. The number of aliphatic hydroxyl groups is 1. The second-order valence-electron chi connectivity index (χ2n) is 4.37. The number of hydrogen-bond donors (Lipinski definition) is 2. The third-order valence-electron chi connectivity index (χ3n) is 3.09. The summed E-state index contributed by atoms with van der Waals surface area (Å²) in [6.45, 7) is 0. The lowest BCUT2D eigenvalue weighted by Gasteiger charge is -2.27. The molecule has 1 aromatic rings. The van der Waals surface area contributed by atoms with Crippen molar-refractivity contribution in [2.24, 2.45) is 7.05 Å². The van der Waals surface area contributed by atoms with E-state index in [4.69, 9.17) is 0 Å². The highest BCUT2D eigenvalue weighted by Gasteiger charge is 2.29. The largest absolute Gasteiger partial charge is 0.391 e. The number of rotatable bonds is 3. The van der Waals surface area contributed by atoms with Gasteiger partial charge in [0.15, 0.2) is 5.03 Å². The van der Waals surface area contributed by atoms with Crippen LogP contribution in [-0.2, 0) is 17.1 Å². The lowest BCUT2D eigenvalue weighted by atomic mass is 9.93. The molecule has 0 aromatic carbocycles. The molecule has 0 aliphatic heterocycles. The van der Waals surface area contributed by atoms with Crippen LogP contribution in [0.2, 0.25) is 0 Å². The molecule has 2 rings (SSSR count). The minimum Gasteiger partial charge on any atom is -0.391 e. The number of nitrogens with one attached hydrogen (secondary N) is 1. The molecular weight excluding hydrogens is 242 g/mol. The Labute approximate surface area is 101 Å². The van der Waals surface area contributed by atoms with Gasteiger partial charge in [-0.2, -0.15) is 5.10 Å². The van der Waals surface area contributed by atoms with Gasteiger partial charge >= 0.3 is 0 Å². The average molecular weight is 259 g/mol. The van der Waals surface area contributed by atoms with Crippen LogP contribution in [0.3, 0.4) is 0 Å². The summed E-state index contributed by atoms with van der Waals surface area (Å²) < 4.78 is 27.9. The van der Waals surface area contributed by atoms with Crippen LogP contribution in [0.4, 0.5) is 0 Å². The normalized spacial score (nSPS) is 26.0. The second kappa shape index (κ2) is 4.75. The summed E-state index contributed by atoms with van der Waals surface area (Å²) in [5.41, 5.74) is 0.